The maximum Gasteiger partial charge on any atom is 0.0718 e. The molecule has 1 aliphatic rings. The number of nitrogens with zero attached hydrogens (tertiary/aromatic N) is 2. The molecule has 0 aliphatic carbocycles. The number of nitrogens with two attached hydrogens (primary N) is 1. The fourth-order valence-corrected chi connectivity index (χ4v) is 3.02. The lowest BCUT2D eigenvalue weighted by Crippen LogP contribution is -2.11. The summed E-state index contributed by atoms with van der Waals surface area (Å²) in [5.41, 5.74) is 12.3. The van der Waals surface area contributed by atoms with Crippen LogP contribution in [0.2, 0.25) is 0 Å². The monoisotopic (exact) mass is 255 g/mol. The number of aromatic nitrogens is 2. The van der Waals surface area contributed by atoms with Crippen LogP contribution in [-0.2, 0) is 19.4 Å². The number of benzene rings is 1. The highest BCUT2D eigenvalue weighted by Crippen LogP contribution is 2.33. The average molecular weight is 255 g/mol. The van der Waals surface area contributed by atoms with Gasteiger partial charge < -0.3 is 5.73 Å². The van der Waals surface area contributed by atoms with Crippen molar-refractivity contribution in [1.29, 1.82) is 0 Å². The molecular weight excluding hydrogens is 234 g/mol. The molecular formula is C16H21N3. The Labute approximate surface area is 114 Å². The molecule has 3 nitrogen and oxygen atoms in total. The fraction of sp³-hybridized carbons (Fsp3) is 0.438. The third kappa shape index (κ3) is 2.19. The number of rotatable bonds is 3. The summed E-state index contributed by atoms with van der Waals surface area (Å²) in [5.74, 6) is 0. The first-order chi connectivity index (χ1) is 9.31. The lowest BCUT2D eigenvalue weighted by molar-refractivity contribution is 0.484. The molecule has 0 bridgehead atoms. The molecule has 0 unspecified atom stereocenters. The van der Waals surface area contributed by atoms with E-state index < -0.39 is 0 Å². The smallest absolute Gasteiger partial charge is 0.0718 e. The highest BCUT2D eigenvalue weighted by atomic mass is 15.3. The summed E-state index contributed by atoms with van der Waals surface area (Å²) in [6, 6.07) is 8.59. The number of fused-ring (bicyclic) bond motifs is 1. The molecule has 0 radical (unpaired) electrons. The summed E-state index contributed by atoms with van der Waals surface area (Å²) in [7, 11) is 0. The molecule has 0 saturated carbocycles. The van der Waals surface area contributed by atoms with Crippen LogP contribution in [0.25, 0.3) is 11.1 Å². The third-order valence-corrected chi connectivity index (χ3v) is 3.96. The summed E-state index contributed by atoms with van der Waals surface area (Å²) in [6.45, 7) is 3.89. The normalized spacial score (nSPS) is 14.4. The van der Waals surface area contributed by atoms with Gasteiger partial charge in [0.1, 0.15) is 0 Å². The maximum atomic E-state index is 5.75. The minimum atomic E-state index is 0.662. The van der Waals surface area contributed by atoms with Crippen LogP contribution >= 0.6 is 0 Å². The SMILES string of the molecule is Cc1ccccc1-c1c(CCN)nn2c1CCCC2. The van der Waals surface area contributed by atoms with E-state index in [0.29, 0.717) is 6.54 Å². The van der Waals surface area contributed by atoms with Crippen LogP contribution in [0.5, 0.6) is 0 Å². The summed E-state index contributed by atoms with van der Waals surface area (Å²) in [4.78, 5) is 0. The summed E-state index contributed by atoms with van der Waals surface area (Å²) in [6.07, 6.45) is 4.52. The number of hydrogen-bond acceptors (Lipinski definition) is 2. The molecule has 1 aliphatic heterocycles. The second-order valence-electron chi connectivity index (χ2n) is 5.30. The lowest BCUT2D eigenvalue weighted by Gasteiger charge is -2.15. The van der Waals surface area contributed by atoms with Crippen LogP contribution in [0, 0.1) is 6.92 Å². The third-order valence-electron chi connectivity index (χ3n) is 3.96. The molecule has 0 fully saturated rings. The second kappa shape index (κ2) is 5.17. The Hall–Kier alpha value is -1.61. The Morgan fingerprint density at radius 1 is 1.26 bits per heavy atom. The van der Waals surface area contributed by atoms with Crippen molar-refractivity contribution in [3.63, 3.8) is 0 Å². The largest absolute Gasteiger partial charge is 0.330 e. The fourth-order valence-electron chi connectivity index (χ4n) is 3.02. The lowest BCUT2D eigenvalue weighted by atomic mass is 9.94. The van der Waals surface area contributed by atoms with E-state index in [2.05, 4.69) is 35.9 Å². The van der Waals surface area contributed by atoms with Gasteiger partial charge in [-0.15, -0.1) is 0 Å². The van der Waals surface area contributed by atoms with Crippen LogP contribution < -0.4 is 5.73 Å². The molecule has 0 saturated heterocycles. The Morgan fingerprint density at radius 2 is 2.11 bits per heavy atom. The molecule has 1 aromatic carbocycles. The zero-order chi connectivity index (χ0) is 13.2. The molecule has 1 aromatic heterocycles. The Morgan fingerprint density at radius 3 is 2.89 bits per heavy atom. The summed E-state index contributed by atoms with van der Waals surface area (Å²) < 4.78 is 2.20. The molecule has 3 heteroatoms. The summed E-state index contributed by atoms with van der Waals surface area (Å²) in [5, 5.41) is 4.79. The van der Waals surface area contributed by atoms with Crippen molar-refractivity contribution in [3.8, 4) is 11.1 Å². The van der Waals surface area contributed by atoms with Crippen LogP contribution in [0.15, 0.2) is 24.3 Å². The van der Waals surface area contributed by atoms with E-state index in [1.54, 1.807) is 0 Å². The Kier molecular flexibility index (Phi) is 3.38. The van der Waals surface area contributed by atoms with Gasteiger partial charge in [-0.1, -0.05) is 24.3 Å². The molecule has 0 atom stereocenters. The van der Waals surface area contributed by atoms with Crippen molar-refractivity contribution in [2.75, 3.05) is 6.54 Å². The predicted octanol–water partition coefficient (Wildman–Crippen LogP) is 2.70. The molecule has 0 amide bonds. The van der Waals surface area contributed by atoms with E-state index in [-0.39, 0.29) is 0 Å². The van der Waals surface area contributed by atoms with Crippen molar-refractivity contribution >= 4 is 0 Å². The van der Waals surface area contributed by atoms with E-state index in [9.17, 15) is 0 Å². The molecule has 3 rings (SSSR count). The van der Waals surface area contributed by atoms with Crippen LogP contribution in [0.4, 0.5) is 0 Å². The van der Waals surface area contributed by atoms with Gasteiger partial charge in [-0.3, -0.25) is 4.68 Å². The molecule has 2 aromatic rings. The Bertz CT molecular complexity index is 584. The molecule has 2 N–H and O–H groups in total. The van der Waals surface area contributed by atoms with E-state index in [1.165, 1.54) is 40.9 Å². The number of hydrogen-bond donors (Lipinski definition) is 1. The van der Waals surface area contributed by atoms with Crippen molar-refractivity contribution in [2.24, 2.45) is 5.73 Å². The second-order valence-corrected chi connectivity index (χ2v) is 5.30. The first-order valence-corrected chi connectivity index (χ1v) is 7.16. The van der Waals surface area contributed by atoms with Gasteiger partial charge in [0.2, 0.25) is 0 Å². The van der Waals surface area contributed by atoms with Crippen molar-refractivity contribution in [3.05, 3.63) is 41.2 Å². The van der Waals surface area contributed by atoms with E-state index >= 15 is 0 Å². The average Bonchev–Trinajstić information content (AvgIpc) is 2.78. The molecule has 2 heterocycles. The van der Waals surface area contributed by atoms with Gasteiger partial charge >= 0.3 is 0 Å². The number of aryl methyl sites for hydroxylation is 2. The van der Waals surface area contributed by atoms with E-state index in [1.807, 2.05) is 0 Å². The van der Waals surface area contributed by atoms with Crippen LogP contribution in [0.3, 0.4) is 0 Å². The standard InChI is InChI=1S/C16H21N3/c1-12-6-2-3-7-13(12)16-14(9-10-17)18-19-11-5-4-8-15(16)19/h2-3,6-7H,4-5,8-11,17H2,1H3. The summed E-state index contributed by atoms with van der Waals surface area (Å²) >= 11 is 0. The van der Waals surface area contributed by atoms with Crippen molar-refractivity contribution < 1.29 is 0 Å². The minimum Gasteiger partial charge on any atom is -0.330 e. The molecule has 19 heavy (non-hydrogen) atoms. The Balaban J connectivity index is 2.18. The zero-order valence-electron chi connectivity index (χ0n) is 11.5. The topological polar surface area (TPSA) is 43.8 Å². The zero-order valence-corrected chi connectivity index (χ0v) is 11.5. The molecule has 100 valence electrons. The van der Waals surface area contributed by atoms with Crippen LogP contribution in [0.1, 0.15) is 29.8 Å². The highest BCUT2D eigenvalue weighted by molar-refractivity contribution is 5.72. The van der Waals surface area contributed by atoms with Gasteiger partial charge in [-0.2, -0.15) is 5.10 Å². The van der Waals surface area contributed by atoms with Gasteiger partial charge in [-0.25, -0.2) is 0 Å². The van der Waals surface area contributed by atoms with Gasteiger partial charge in [0.15, 0.2) is 0 Å². The van der Waals surface area contributed by atoms with Gasteiger partial charge in [-0.05, 0) is 43.9 Å². The van der Waals surface area contributed by atoms with Gasteiger partial charge in [0.05, 0.1) is 5.69 Å². The van der Waals surface area contributed by atoms with Gasteiger partial charge in [0.25, 0.3) is 0 Å². The van der Waals surface area contributed by atoms with E-state index in [0.717, 1.165) is 19.4 Å². The predicted molar refractivity (Wildman–Crippen MR) is 78.1 cm³/mol. The minimum absolute atomic E-state index is 0.662. The molecule has 0 spiro atoms. The van der Waals surface area contributed by atoms with Crippen molar-refractivity contribution in [2.45, 2.75) is 39.2 Å². The maximum absolute atomic E-state index is 5.75. The van der Waals surface area contributed by atoms with Gasteiger partial charge in [0, 0.05) is 24.2 Å². The first-order valence-electron chi connectivity index (χ1n) is 7.16. The van der Waals surface area contributed by atoms with E-state index in [4.69, 9.17) is 10.8 Å². The quantitative estimate of drug-likeness (QED) is 0.916. The first kappa shape index (κ1) is 12.4. The van der Waals surface area contributed by atoms with Crippen LogP contribution in [-0.4, -0.2) is 16.3 Å². The highest BCUT2D eigenvalue weighted by Gasteiger charge is 2.21. The van der Waals surface area contributed by atoms with Crippen molar-refractivity contribution in [1.82, 2.24) is 9.78 Å².